The van der Waals surface area contributed by atoms with Crippen LogP contribution < -0.4 is 4.90 Å². The van der Waals surface area contributed by atoms with Gasteiger partial charge in [0.1, 0.15) is 4.88 Å². The van der Waals surface area contributed by atoms with Crippen molar-refractivity contribution < 1.29 is 9.90 Å². The molecule has 0 saturated heterocycles. The summed E-state index contributed by atoms with van der Waals surface area (Å²) in [7, 11) is 0. The molecule has 0 saturated carbocycles. The number of nitrogens with zero attached hydrogens (tertiary/aromatic N) is 2. The zero-order valence-corrected chi connectivity index (χ0v) is 11.8. The van der Waals surface area contributed by atoms with Crippen molar-refractivity contribution >= 4 is 23.0 Å². The maximum absolute atomic E-state index is 10.9. The number of thiophene rings is 1. The Morgan fingerprint density at radius 1 is 1.47 bits per heavy atom. The van der Waals surface area contributed by atoms with E-state index in [1.807, 2.05) is 37.4 Å². The third kappa shape index (κ3) is 3.32. The van der Waals surface area contributed by atoms with Crippen LogP contribution in [0.1, 0.15) is 28.0 Å². The van der Waals surface area contributed by atoms with Gasteiger partial charge in [0.2, 0.25) is 0 Å². The Kier molecular flexibility index (Phi) is 4.16. The molecule has 0 atom stereocenters. The van der Waals surface area contributed by atoms with E-state index in [-0.39, 0.29) is 0 Å². The van der Waals surface area contributed by atoms with E-state index in [0.29, 0.717) is 11.4 Å². The van der Waals surface area contributed by atoms with E-state index < -0.39 is 5.97 Å². The third-order valence-electron chi connectivity index (χ3n) is 2.84. The van der Waals surface area contributed by atoms with E-state index >= 15 is 0 Å². The highest BCUT2D eigenvalue weighted by atomic mass is 32.1. The number of carboxylic acids is 1. The van der Waals surface area contributed by atoms with Crippen LogP contribution in [0.3, 0.4) is 0 Å². The van der Waals surface area contributed by atoms with Gasteiger partial charge in [-0.3, -0.25) is 4.98 Å². The van der Waals surface area contributed by atoms with Crippen molar-refractivity contribution in [3.05, 3.63) is 45.9 Å². The summed E-state index contributed by atoms with van der Waals surface area (Å²) in [5, 5.41) is 10.8. The third-order valence-corrected chi connectivity index (χ3v) is 3.75. The van der Waals surface area contributed by atoms with Gasteiger partial charge < -0.3 is 10.0 Å². The van der Waals surface area contributed by atoms with Crippen LogP contribution in [0, 0.1) is 6.92 Å². The number of anilines is 1. The van der Waals surface area contributed by atoms with Crippen LogP contribution in [0.15, 0.2) is 29.6 Å². The first-order valence-electron chi connectivity index (χ1n) is 6.09. The molecule has 0 aliphatic rings. The number of carbonyl (C=O) groups is 1. The molecule has 100 valence electrons. The standard InChI is InChI=1S/C14H16N2O2S/c1-3-16(8-11-6-4-5-10(2)15-11)12-7-13(14(17)18)19-9-12/h4-7,9H,3,8H2,1-2H3,(H,17,18). The monoisotopic (exact) mass is 276 g/mol. The maximum atomic E-state index is 10.9. The maximum Gasteiger partial charge on any atom is 0.345 e. The van der Waals surface area contributed by atoms with Crippen LogP contribution in [-0.2, 0) is 6.54 Å². The molecule has 19 heavy (non-hydrogen) atoms. The molecule has 4 nitrogen and oxygen atoms in total. The molecule has 0 radical (unpaired) electrons. The van der Waals surface area contributed by atoms with E-state index in [9.17, 15) is 4.79 Å². The quantitative estimate of drug-likeness (QED) is 0.911. The molecule has 0 fully saturated rings. The Balaban J connectivity index is 2.17. The average Bonchev–Trinajstić information content (AvgIpc) is 2.85. The Morgan fingerprint density at radius 2 is 2.26 bits per heavy atom. The lowest BCUT2D eigenvalue weighted by Crippen LogP contribution is -2.22. The molecule has 1 N–H and O–H groups in total. The zero-order chi connectivity index (χ0) is 13.8. The fourth-order valence-corrected chi connectivity index (χ4v) is 2.63. The molecule has 0 unspecified atom stereocenters. The van der Waals surface area contributed by atoms with Crippen LogP contribution in [0.4, 0.5) is 5.69 Å². The van der Waals surface area contributed by atoms with Crippen molar-refractivity contribution in [2.24, 2.45) is 0 Å². The number of aryl methyl sites for hydroxylation is 1. The second-order valence-corrected chi connectivity index (χ2v) is 5.17. The molecule has 0 aliphatic carbocycles. The molecule has 0 bridgehead atoms. The van der Waals surface area contributed by atoms with Crippen molar-refractivity contribution in [2.45, 2.75) is 20.4 Å². The molecule has 0 aliphatic heterocycles. The summed E-state index contributed by atoms with van der Waals surface area (Å²) >= 11 is 1.25. The molecular formula is C14H16N2O2S. The molecule has 2 aromatic rings. The van der Waals surface area contributed by atoms with E-state index in [2.05, 4.69) is 9.88 Å². The van der Waals surface area contributed by atoms with Crippen LogP contribution in [0.25, 0.3) is 0 Å². The van der Waals surface area contributed by atoms with Gasteiger partial charge in [0.25, 0.3) is 0 Å². The summed E-state index contributed by atoms with van der Waals surface area (Å²) < 4.78 is 0. The number of hydrogen-bond donors (Lipinski definition) is 1. The van der Waals surface area contributed by atoms with Gasteiger partial charge in [-0.05, 0) is 32.0 Å². The van der Waals surface area contributed by atoms with Gasteiger partial charge in [-0.2, -0.15) is 0 Å². The Hall–Kier alpha value is -1.88. The lowest BCUT2D eigenvalue weighted by Gasteiger charge is -2.21. The van der Waals surface area contributed by atoms with Crippen molar-refractivity contribution in [1.82, 2.24) is 4.98 Å². The van der Waals surface area contributed by atoms with Gasteiger partial charge in [-0.25, -0.2) is 4.79 Å². The fraction of sp³-hybridized carbons (Fsp3) is 0.286. The van der Waals surface area contributed by atoms with Gasteiger partial charge in [-0.1, -0.05) is 6.07 Å². The SMILES string of the molecule is CCN(Cc1cccc(C)n1)c1csc(C(=O)O)c1. The van der Waals surface area contributed by atoms with E-state index in [1.165, 1.54) is 11.3 Å². The van der Waals surface area contributed by atoms with Gasteiger partial charge in [0.15, 0.2) is 0 Å². The normalized spacial score (nSPS) is 10.4. The first kappa shape index (κ1) is 13.5. The van der Waals surface area contributed by atoms with E-state index in [4.69, 9.17) is 5.11 Å². The molecule has 0 aromatic carbocycles. The summed E-state index contributed by atoms with van der Waals surface area (Å²) in [6.45, 7) is 5.51. The molecule has 2 heterocycles. The highest BCUT2D eigenvalue weighted by Crippen LogP contribution is 2.24. The van der Waals surface area contributed by atoms with Gasteiger partial charge in [0.05, 0.1) is 12.2 Å². The summed E-state index contributed by atoms with van der Waals surface area (Å²) in [5.41, 5.74) is 2.92. The number of hydrogen-bond acceptors (Lipinski definition) is 4. The Labute approximate surface area is 116 Å². The number of rotatable bonds is 5. The van der Waals surface area contributed by atoms with Crippen molar-refractivity contribution in [3.8, 4) is 0 Å². The first-order chi connectivity index (χ1) is 9.10. The summed E-state index contributed by atoms with van der Waals surface area (Å²) in [5.74, 6) is -0.874. The van der Waals surface area contributed by atoms with E-state index in [1.54, 1.807) is 6.07 Å². The highest BCUT2D eigenvalue weighted by Gasteiger charge is 2.12. The minimum atomic E-state index is -0.874. The smallest absolute Gasteiger partial charge is 0.345 e. The molecule has 2 aromatic heterocycles. The summed E-state index contributed by atoms with van der Waals surface area (Å²) in [4.78, 5) is 17.9. The van der Waals surface area contributed by atoms with Crippen molar-refractivity contribution in [3.63, 3.8) is 0 Å². The number of carboxylic acid groups (broad SMARTS) is 1. The van der Waals surface area contributed by atoms with Crippen molar-refractivity contribution in [1.29, 1.82) is 0 Å². The zero-order valence-electron chi connectivity index (χ0n) is 11.0. The van der Waals surface area contributed by atoms with Gasteiger partial charge in [0, 0.05) is 23.3 Å². The molecule has 0 spiro atoms. The molecule has 2 rings (SSSR count). The Morgan fingerprint density at radius 3 is 2.84 bits per heavy atom. The predicted molar refractivity (Wildman–Crippen MR) is 77.0 cm³/mol. The van der Waals surface area contributed by atoms with Crippen LogP contribution in [0.2, 0.25) is 0 Å². The minimum absolute atomic E-state index is 0.366. The topological polar surface area (TPSA) is 53.4 Å². The summed E-state index contributed by atoms with van der Waals surface area (Å²) in [6.07, 6.45) is 0. The molecule has 5 heteroatoms. The largest absolute Gasteiger partial charge is 0.477 e. The number of aromatic nitrogens is 1. The lowest BCUT2D eigenvalue weighted by atomic mass is 10.3. The van der Waals surface area contributed by atoms with Crippen molar-refractivity contribution in [2.75, 3.05) is 11.4 Å². The molecular weight excluding hydrogens is 260 g/mol. The minimum Gasteiger partial charge on any atom is -0.477 e. The van der Waals surface area contributed by atoms with Crippen LogP contribution >= 0.6 is 11.3 Å². The molecule has 0 amide bonds. The lowest BCUT2D eigenvalue weighted by molar-refractivity contribution is 0.0702. The number of aromatic carboxylic acids is 1. The fourth-order valence-electron chi connectivity index (χ4n) is 1.87. The van der Waals surface area contributed by atoms with Gasteiger partial charge in [-0.15, -0.1) is 11.3 Å². The predicted octanol–water partition coefficient (Wildman–Crippen LogP) is 3.18. The first-order valence-corrected chi connectivity index (χ1v) is 6.97. The second-order valence-electron chi connectivity index (χ2n) is 4.26. The second kappa shape index (κ2) is 5.84. The average molecular weight is 276 g/mol. The highest BCUT2D eigenvalue weighted by molar-refractivity contribution is 7.12. The van der Waals surface area contributed by atoms with E-state index in [0.717, 1.165) is 23.6 Å². The number of pyridine rings is 1. The van der Waals surface area contributed by atoms with Crippen LogP contribution in [-0.4, -0.2) is 22.6 Å². The Bertz CT molecular complexity index is 580. The van der Waals surface area contributed by atoms with Gasteiger partial charge >= 0.3 is 5.97 Å². The summed E-state index contributed by atoms with van der Waals surface area (Å²) in [6, 6.07) is 7.65. The van der Waals surface area contributed by atoms with Crippen LogP contribution in [0.5, 0.6) is 0 Å².